The highest BCUT2D eigenvalue weighted by Gasteiger charge is 2.30. The largest absolute Gasteiger partial charge is 0.416 e. The van der Waals surface area contributed by atoms with Gasteiger partial charge in [0.15, 0.2) is 6.29 Å². The lowest BCUT2D eigenvalue weighted by Gasteiger charge is -2.07. The first-order valence-corrected chi connectivity index (χ1v) is 4.68. The summed E-state index contributed by atoms with van der Waals surface area (Å²) >= 11 is 0. The smallest absolute Gasteiger partial charge is 0.336 e. The summed E-state index contributed by atoms with van der Waals surface area (Å²) in [5.41, 5.74) is -0.246. The number of benzene rings is 1. The van der Waals surface area contributed by atoms with Crippen molar-refractivity contribution >= 4 is 6.29 Å². The van der Waals surface area contributed by atoms with Crippen LogP contribution in [0.1, 0.15) is 16.1 Å². The van der Waals surface area contributed by atoms with E-state index >= 15 is 0 Å². The van der Waals surface area contributed by atoms with Crippen LogP contribution in [0.4, 0.5) is 13.2 Å². The summed E-state index contributed by atoms with van der Waals surface area (Å²) in [6, 6.07) is 4.74. The van der Waals surface area contributed by atoms with Gasteiger partial charge in [-0.25, -0.2) is 4.98 Å². The maximum atomic E-state index is 12.5. The van der Waals surface area contributed by atoms with Crippen molar-refractivity contribution in [3.8, 4) is 11.4 Å². The number of hydrogen-bond donors (Lipinski definition) is 1. The Morgan fingerprint density at radius 2 is 2.06 bits per heavy atom. The summed E-state index contributed by atoms with van der Waals surface area (Å²) in [5.74, 6) is 0.234. The second-order valence-corrected chi connectivity index (χ2v) is 3.38. The van der Waals surface area contributed by atoms with Crippen molar-refractivity contribution in [2.24, 2.45) is 0 Å². The molecule has 0 saturated carbocycles. The van der Waals surface area contributed by atoms with Crippen LogP contribution >= 0.6 is 0 Å². The minimum absolute atomic E-state index is 0.220. The number of aromatic nitrogens is 2. The zero-order chi connectivity index (χ0) is 12.5. The molecule has 6 heteroatoms. The van der Waals surface area contributed by atoms with Gasteiger partial charge in [0.05, 0.1) is 17.5 Å². The molecule has 17 heavy (non-hydrogen) atoms. The fourth-order valence-corrected chi connectivity index (χ4v) is 1.38. The summed E-state index contributed by atoms with van der Waals surface area (Å²) in [6.45, 7) is 0. The minimum Gasteiger partial charge on any atom is -0.336 e. The number of H-pyrrole nitrogens is 1. The molecule has 1 aromatic carbocycles. The van der Waals surface area contributed by atoms with Crippen molar-refractivity contribution in [1.82, 2.24) is 9.97 Å². The van der Waals surface area contributed by atoms with Crippen molar-refractivity contribution in [2.45, 2.75) is 6.18 Å². The average Bonchev–Trinajstić information content (AvgIpc) is 2.76. The van der Waals surface area contributed by atoms with E-state index < -0.39 is 11.7 Å². The maximum absolute atomic E-state index is 12.5. The summed E-state index contributed by atoms with van der Waals surface area (Å²) < 4.78 is 37.4. The second-order valence-electron chi connectivity index (χ2n) is 3.38. The Kier molecular flexibility index (Phi) is 2.71. The summed E-state index contributed by atoms with van der Waals surface area (Å²) in [7, 11) is 0. The van der Waals surface area contributed by atoms with Gasteiger partial charge >= 0.3 is 6.18 Å². The number of imidazole rings is 1. The van der Waals surface area contributed by atoms with E-state index in [2.05, 4.69) is 9.97 Å². The molecule has 3 nitrogen and oxygen atoms in total. The van der Waals surface area contributed by atoms with Crippen LogP contribution in [0.15, 0.2) is 30.5 Å². The van der Waals surface area contributed by atoms with Crippen molar-refractivity contribution < 1.29 is 18.0 Å². The molecule has 0 amide bonds. The van der Waals surface area contributed by atoms with Crippen LogP contribution in [-0.4, -0.2) is 16.3 Å². The first-order valence-electron chi connectivity index (χ1n) is 4.68. The van der Waals surface area contributed by atoms with Gasteiger partial charge in [-0.2, -0.15) is 13.2 Å². The van der Waals surface area contributed by atoms with Gasteiger partial charge in [-0.15, -0.1) is 0 Å². The molecule has 1 aromatic heterocycles. The van der Waals surface area contributed by atoms with E-state index in [1.807, 2.05) is 0 Å². The van der Waals surface area contributed by atoms with Gasteiger partial charge in [-0.3, -0.25) is 4.79 Å². The summed E-state index contributed by atoms with van der Waals surface area (Å²) in [6.07, 6.45) is -2.58. The number of aldehydes is 1. The van der Waals surface area contributed by atoms with E-state index in [0.29, 0.717) is 6.29 Å². The van der Waals surface area contributed by atoms with Crippen LogP contribution in [0.3, 0.4) is 0 Å². The van der Waals surface area contributed by atoms with E-state index in [9.17, 15) is 18.0 Å². The number of aromatic amines is 1. The van der Waals surface area contributed by atoms with Gasteiger partial charge in [0.2, 0.25) is 0 Å². The fraction of sp³-hybridized carbons (Fsp3) is 0.0909. The lowest BCUT2D eigenvalue weighted by molar-refractivity contribution is -0.137. The average molecular weight is 240 g/mol. The molecule has 0 unspecified atom stereocenters. The molecule has 0 atom stereocenters. The Bertz CT molecular complexity index is 546. The molecular weight excluding hydrogens is 233 g/mol. The van der Waals surface area contributed by atoms with Gasteiger partial charge in [0, 0.05) is 5.56 Å². The van der Waals surface area contributed by atoms with Gasteiger partial charge in [0.25, 0.3) is 0 Å². The normalized spacial score (nSPS) is 11.5. The van der Waals surface area contributed by atoms with Crippen LogP contribution in [0.5, 0.6) is 0 Å². The molecule has 1 N–H and O–H groups in total. The lowest BCUT2D eigenvalue weighted by atomic mass is 10.1. The van der Waals surface area contributed by atoms with Crippen LogP contribution in [-0.2, 0) is 6.18 Å². The molecule has 0 fully saturated rings. The third-order valence-electron chi connectivity index (χ3n) is 2.19. The van der Waals surface area contributed by atoms with Crippen LogP contribution in [0.2, 0.25) is 0 Å². The number of nitrogens with one attached hydrogen (secondary N) is 1. The van der Waals surface area contributed by atoms with E-state index in [0.717, 1.165) is 12.1 Å². The standard InChI is InChI=1S/C11H7F3N2O/c12-11(13,14)8-3-1-2-7(4-8)10-15-5-9(6-17)16-10/h1-6H,(H,15,16). The van der Waals surface area contributed by atoms with Crippen LogP contribution < -0.4 is 0 Å². The first-order chi connectivity index (χ1) is 8.00. The van der Waals surface area contributed by atoms with Gasteiger partial charge in [-0.1, -0.05) is 12.1 Å². The number of carbonyl (C=O) groups is 1. The van der Waals surface area contributed by atoms with Crippen molar-refractivity contribution in [3.05, 3.63) is 41.7 Å². The molecule has 0 saturated heterocycles. The van der Waals surface area contributed by atoms with E-state index in [1.165, 1.54) is 18.3 Å². The number of carbonyl (C=O) groups excluding carboxylic acids is 1. The molecule has 0 radical (unpaired) electrons. The van der Waals surface area contributed by atoms with E-state index in [1.54, 1.807) is 0 Å². The van der Waals surface area contributed by atoms with Crippen LogP contribution in [0.25, 0.3) is 11.4 Å². The van der Waals surface area contributed by atoms with Crippen LogP contribution in [0, 0.1) is 0 Å². The first kappa shape index (κ1) is 11.4. The van der Waals surface area contributed by atoms with Gasteiger partial charge in [-0.05, 0) is 12.1 Å². The third-order valence-corrected chi connectivity index (χ3v) is 2.19. The lowest BCUT2D eigenvalue weighted by Crippen LogP contribution is -2.04. The third kappa shape index (κ3) is 2.35. The molecule has 0 bridgehead atoms. The highest BCUT2D eigenvalue weighted by molar-refractivity contribution is 5.73. The number of nitrogens with zero attached hydrogens (tertiary/aromatic N) is 1. The molecule has 0 aliphatic carbocycles. The highest BCUT2D eigenvalue weighted by Crippen LogP contribution is 2.31. The maximum Gasteiger partial charge on any atom is 0.416 e. The van der Waals surface area contributed by atoms with E-state index in [4.69, 9.17) is 0 Å². The summed E-state index contributed by atoms with van der Waals surface area (Å²) in [4.78, 5) is 16.9. The number of rotatable bonds is 2. The molecule has 2 aromatic rings. The summed E-state index contributed by atoms with van der Waals surface area (Å²) in [5, 5.41) is 0. The SMILES string of the molecule is O=Cc1cnc(-c2cccc(C(F)(F)F)c2)[nH]1. The zero-order valence-corrected chi connectivity index (χ0v) is 8.45. The van der Waals surface area contributed by atoms with Crippen molar-refractivity contribution in [1.29, 1.82) is 0 Å². The topological polar surface area (TPSA) is 45.8 Å². The molecule has 0 spiro atoms. The Morgan fingerprint density at radius 1 is 1.29 bits per heavy atom. The molecule has 88 valence electrons. The Morgan fingerprint density at radius 3 is 2.65 bits per heavy atom. The molecule has 1 heterocycles. The number of hydrogen-bond acceptors (Lipinski definition) is 2. The quantitative estimate of drug-likeness (QED) is 0.820. The monoisotopic (exact) mass is 240 g/mol. The second kappa shape index (κ2) is 4.04. The zero-order valence-electron chi connectivity index (χ0n) is 8.45. The predicted octanol–water partition coefficient (Wildman–Crippen LogP) is 2.91. The Hall–Kier alpha value is -2.11. The predicted molar refractivity (Wildman–Crippen MR) is 54.4 cm³/mol. The molecule has 0 aliphatic rings. The van der Waals surface area contributed by atoms with Crippen molar-refractivity contribution in [2.75, 3.05) is 0 Å². The van der Waals surface area contributed by atoms with E-state index in [-0.39, 0.29) is 17.1 Å². The minimum atomic E-state index is -4.39. The van der Waals surface area contributed by atoms with Crippen molar-refractivity contribution in [3.63, 3.8) is 0 Å². The molecule has 2 rings (SSSR count). The molecule has 0 aliphatic heterocycles. The fourth-order valence-electron chi connectivity index (χ4n) is 1.38. The molecular formula is C11H7F3N2O. The highest BCUT2D eigenvalue weighted by atomic mass is 19.4. The van der Waals surface area contributed by atoms with Gasteiger partial charge < -0.3 is 4.98 Å². The van der Waals surface area contributed by atoms with Gasteiger partial charge in [0.1, 0.15) is 5.82 Å². The Labute approximate surface area is 94.3 Å². The number of halogens is 3. The Balaban J connectivity index is 2.42. The number of alkyl halides is 3.